The minimum atomic E-state index is -4.52. The number of hydrogen-bond donors (Lipinski definition) is 1. The summed E-state index contributed by atoms with van der Waals surface area (Å²) in [6.07, 6.45) is 4.45. The molecular formula is C19H24F3NO2. The summed E-state index contributed by atoms with van der Waals surface area (Å²) in [5, 5.41) is 2.59. The number of allylic oxidation sites excluding steroid dienone is 3. The summed E-state index contributed by atoms with van der Waals surface area (Å²) in [5.74, 6) is -0.528. The fourth-order valence-electron chi connectivity index (χ4n) is 2.21. The Morgan fingerprint density at radius 3 is 2.60 bits per heavy atom. The van der Waals surface area contributed by atoms with E-state index in [-0.39, 0.29) is 11.3 Å². The SMILES string of the molecule is C/C=C\C/C(=C\NC(=O)c1cc(C(F)(F)F)ccc1OC)CCCC. The van der Waals surface area contributed by atoms with Crippen LogP contribution in [0.1, 0.15) is 55.5 Å². The summed E-state index contributed by atoms with van der Waals surface area (Å²) in [4.78, 5) is 12.3. The molecule has 0 bridgehead atoms. The first-order chi connectivity index (χ1) is 11.8. The molecular weight excluding hydrogens is 331 g/mol. The number of methoxy groups -OCH3 is 1. The molecule has 138 valence electrons. The molecule has 0 aliphatic rings. The Morgan fingerprint density at radius 1 is 1.32 bits per heavy atom. The second-order valence-corrected chi connectivity index (χ2v) is 5.57. The number of ether oxygens (including phenoxy) is 1. The highest BCUT2D eigenvalue weighted by Crippen LogP contribution is 2.32. The predicted octanol–water partition coefficient (Wildman–Crippen LogP) is 5.48. The van der Waals surface area contributed by atoms with E-state index in [4.69, 9.17) is 4.74 Å². The van der Waals surface area contributed by atoms with Gasteiger partial charge in [-0.05, 0) is 44.4 Å². The fraction of sp³-hybridized carbons (Fsp3) is 0.421. The van der Waals surface area contributed by atoms with Gasteiger partial charge in [-0.25, -0.2) is 0 Å². The molecule has 0 heterocycles. The molecule has 25 heavy (non-hydrogen) atoms. The highest BCUT2D eigenvalue weighted by atomic mass is 19.4. The second kappa shape index (κ2) is 9.91. The summed E-state index contributed by atoms with van der Waals surface area (Å²) >= 11 is 0. The van der Waals surface area contributed by atoms with Gasteiger partial charge in [0.1, 0.15) is 5.75 Å². The van der Waals surface area contributed by atoms with E-state index < -0.39 is 17.6 Å². The number of benzene rings is 1. The molecule has 0 fully saturated rings. The zero-order valence-electron chi connectivity index (χ0n) is 14.7. The molecule has 0 radical (unpaired) electrons. The summed E-state index contributed by atoms with van der Waals surface area (Å²) in [7, 11) is 1.31. The van der Waals surface area contributed by atoms with Gasteiger partial charge in [0, 0.05) is 6.20 Å². The third kappa shape index (κ3) is 6.64. The number of amides is 1. The van der Waals surface area contributed by atoms with Crippen LogP contribution < -0.4 is 10.1 Å². The zero-order chi connectivity index (χ0) is 18.9. The van der Waals surface area contributed by atoms with Gasteiger partial charge in [0.2, 0.25) is 0 Å². The van der Waals surface area contributed by atoms with E-state index in [0.717, 1.165) is 43.0 Å². The van der Waals surface area contributed by atoms with Crippen molar-refractivity contribution in [3.8, 4) is 5.75 Å². The second-order valence-electron chi connectivity index (χ2n) is 5.57. The molecule has 0 aliphatic carbocycles. The monoisotopic (exact) mass is 355 g/mol. The molecule has 0 aromatic heterocycles. The van der Waals surface area contributed by atoms with E-state index in [1.807, 2.05) is 19.1 Å². The molecule has 0 spiro atoms. The molecule has 1 amide bonds. The molecule has 0 saturated carbocycles. The van der Waals surface area contributed by atoms with Gasteiger partial charge in [-0.2, -0.15) is 13.2 Å². The van der Waals surface area contributed by atoms with Crippen LogP contribution in [0.2, 0.25) is 0 Å². The number of rotatable bonds is 8. The van der Waals surface area contributed by atoms with Crippen LogP contribution in [-0.4, -0.2) is 13.0 Å². The van der Waals surface area contributed by atoms with Gasteiger partial charge in [0.05, 0.1) is 18.2 Å². The topological polar surface area (TPSA) is 38.3 Å². The van der Waals surface area contributed by atoms with E-state index in [0.29, 0.717) is 6.42 Å². The van der Waals surface area contributed by atoms with Crippen molar-refractivity contribution >= 4 is 5.91 Å². The van der Waals surface area contributed by atoms with Crippen LogP contribution in [0, 0.1) is 0 Å². The number of carbonyl (C=O) groups excluding carboxylic acids is 1. The summed E-state index contributed by atoms with van der Waals surface area (Å²) in [5.41, 5.74) is -0.0174. The molecule has 0 atom stereocenters. The Bertz CT molecular complexity index is 634. The molecule has 0 saturated heterocycles. The third-order valence-corrected chi connectivity index (χ3v) is 3.65. The van der Waals surface area contributed by atoms with Gasteiger partial charge in [-0.15, -0.1) is 0 Å². The Morgan fingerprint density at radius 2 is 2.04 bits per heavy atom. The summed E-state index contributed by atoms with van der Waals surface area (Å²) < 4.78 is 43.6. The molecule has 1 aromatic rings. The maximum atomic E-state index is 12.9. The maximum Gasteiger partial charge on any atom is 0.416 e. The highest BCUT2D eigenvalue weighted by Gasteiger charge is 2.32. The Hall–Kier alpha value is -2.24. The molecule has 1 rings (SSSR count). The van der Waals surface area contributed by atoms with Crippen LogP contribution in [-0.2, 0) is 6.18 Å². The van der Waals surface area contributed by atoms with Crippen molar-refractivity contribution in [1.82, 2.24) is 5.32 Å². The molecule has 6 heteroatoms. The van der Waals surface area contributed by atoms with Crippen molar-refractivity contribution in [2.75, 3.05) is 7.11 Å². The lowest BCUT2D eigenvalue weighted by Crippen LogP contribution is -2.20. The van der Waals surface area contributed by atoms with Gasteiger partial charge < -0.3 is 10.1 Å². The quantitative estimate of drug-likeness (QED) is 0.627. The lowest BCUT2D eigenvalue weighted by Gasteiger charge is -2.12. The van der Waals surface area contributed by atoms with E-state index in [2.05, 4.69) is 12.2 Å². The van der Waals surface area contributed by atoms with Gasteiger partial charge in [-0.3, -0.25) is 4.79 Å². The minimum Gasteiger partial charge on any atom is -0.496 e. The van der Waals surface area contributed by atoms with Crippen molar-refractivity contribution in [2.45, 2.75) is 45.7 Å². The van der Waals surface area contributed by atoms with Crippen LogP contribution in [0.4, 0.5) is 13.2 Å². The lowest BCUT2D eigenvalue weighted by molar-refractivity contribution is -0.137. The van der Waals surface area contributed by atoms with Gasteiger partial charge in [0.25, 0.3) is 5.91 Å². The van der Waals surface area contributed by atoms with E-state index >= 15 is 0 Å². The summed E-state index contributed by atoms with van der Waals surface area (Å²) in [6.45, 7) is 3.98. The van der Waals surface area contributed by atoms with Gasteiger partial charge >= 0.3 is 6.18 Å². The van der Waals surface area contributed by atoms with Crippen molar-refractivity contribution in [3.05, 3.63) is 53.3 Å². The standard InChI is InChI=1S/C19H24F3NO2/c1-4-6-8-14(9-7-5-2)13-23-18(24)16-12-15(19(20,21)22)10-11-17(16)25-3/h4,6,10-13H,5,7-9H2,1-3H3,(H,23,24)/b6-4-,14-13+. The Kier molecular flexibility index (Phi) is 8.25. The average Bonchev–Trinajstić information content (AvgIpc) is 2.59. The Balaban J connectivity index is 3.02. The normalized spacial score (nSPS) is 12.5. The largest absolute Gasteiger partial charge is 0.496 e. The highest BCUT2D eigenvalue weighted by molar-refractivity contribution is 5.97. The number of carbonyl (C=O) groups is 1. The van der Waals surface area contributed by atoms with Gasteiger partial charge in [0.15, 0.2) is 0 Å². The number of hydrogen-bond acceptors (Lipinski definition) is 2. The number of unbranched alkanes of at least 4 members (excludes halogenated alkanes) is 1. The minimum absolute atomic E-state index is 0.0995. The number of alkyl halides is 3. The van der Waals surface area contributed by atoms with Gasteiger partial charge in [-0.1, -0.05) is 31.1 Å². The van der Waals surface area contributed by atoms with Crippen molar-refractivity contribution in [3.63, 3.8) is 0 Å². The average molecular weight is 355 g/mol. The van der Waals surface area contributed by atoms with Crippen LogP contribution in [0.3, 0.4) is 0 Å². The van der Waals surface area contributed by atoms with Crippen molar-refractivity contribution in [2.24, 2.45) is 0 Å². The van der Waals surface area contributed by atoms with Crippen molar-refractivity contribution in [1.29, 1.82) is 0 Å². The van der Waals surface area contributed by atoms with Crippen LogP contribution >= 0.6 is 0 Å². The molecule has 0 unspecified atom stereocenters. The zero-order valence-corrected chi connectivity index (χ0v) is 14.7. The third-order valence-electron chi connectivity index (χ3n) is 3.65. The number of halogens is 3. The maximum absolute atomic E-state index is 12.9. The van der Waals surface area contributed by atoms with E-state index in [1.54, 1.807) is 6.20 Å². The first-order valence-electron chi connectivity index (χ1n) is 8.18. The lowest BCUT2D eigenvalue weighted by atomic mass is 10.1. The first kappa shape index (κ1) is 20.8. The first-order valence-corrected chi connectivity index (χ1v) is 8.18. The fourth-order valence-corrected chi connectivity index (χ4v) is 2.21. The molecule has 3 nitrogen and oxygen atoms in total. The van der Waals surface area contributed by atoms with E-state index in [1.165, 1.54) is 7.11 Å². The van der Waals surface area contributed by atoms with Crippen LogP contribution in [0.15, 0.2) is 42.1 Å². The van der Waals surface area contributed by atoms with Crippen LogP contribution in [0.5, 0.6) is 5.75 Å². The predicted molar refractivity (Wildman–Crippen MR) is 92.5 cm³/mol. The smallest absolute Gasteiger partial charge is 0.416 e. The Labute approximate surface area is 146 Å². The number of nitrogens with one attached hydrogen (secondary N) is 1. The van der Waals surface area contributed by atoms with E-state index in [9.17, 15) is 18.0 Å². The van der Waals surface area contributed by atoms with Crippen molar-refractivity contribution < 1.29 is 22.7 Å². The molecule has 1 aromatic carbocycles. The molecule has 0 aliphatic heterocycles. The summed E-state index contributed by atoms with van der Waals surface area (Å²) in [6, 6.07) is 2.85. The molecule has 1 N–H and O–H groups in total. The van der Waals surface area contributed by atoms with Crippen LogP contribution in [0.25, 0.3) is 0 Å².